The standard InChI is InChI=1S/C14H23N/c1-5-7-11-15-12-14(4)10-8-9-13(3)6-2/h6,10,12H,2-3,5,7-9,11H2,1,4H3/b14-10+,15-12+. The van der Waals surface area contributed by atoms with Gasteiger partial charge in [0.05, 0.1) is 0 Å². The van der Waals surface area contributed by atoms with E-state index in [0.29, 0.717) is 0 Å². The highest BCUT2D eigenvalue weighted by Gasteiger charge is 1.87. The molecule has 0 heterocycles. The first kappa shape index (κ1) is 13.9. The molecular formula is C14H23N. The summed E-state index contributed by atoms with van der Waals surface area (Å²) in [5, 5.41) is 0. The van der Waals surface area contributed by atoms with Crippen LogP contribution in [0.15, 0.2) is 41.4 Å². The van der Waals surface area contributed by atoms with E-state index in [9.17, 15) is 0 Å². The molecule has 0 bridgehead atoms. The maximum atomic E-state index is 4.34. The summed E-state index contributed by atoms with van der Waals surface area (Å²) in [6, 6.07) is 0. The molecule has 0 aromatic rings. The molecule has 0 atom stereocenters. The third kappa shape index (κ3) is 9.20. The first-order chi connectivity index (χ1) is 7.20. The van der Waals surface area contributed by atoms with Crippen molar-refractivity contribution >= 4 is 6.21 Å². The number of aliphatic imine (C=N–C) groups is 1. The van der Waals surface area contributed by atoms with Crippen LogP contribution in [0, 0.1) is 0 Å². The van der Waals surface area contributed by atoms with Crippen LogP contribution in [0.25, 0.3) is 0 Å². The molecule has 15 heavy (non-hydrogen) atoms. The molecule has 0 rings (SSSR count). The maximum Gasteiger partial charge on any atom is 0.0389 e. The second-order valence-corrected chi connectivity index (χ2v) is 3.74. The van der Waals surface area contributed by atoms with Gasteiger partial charge in [0.2, 0.25) is 0 Å². The summed E-state index contributed by atoms with van der Waals surface area (Å²) in [6.07, 6.45) is 10.4. The van der Waals surface area contributed by atoms with E-state index in [4.69, 9.17) is 0 Å². The van der Waals surface area contributed by atoms with Crippen LogP contribution in [0.2, 0.25) is 0 Å². The van der Waals surface area contributed by atoms with Crippen LogP contribution in [-0.4, -0.2) is 12.8 Å². The average Bonchev–Trinajstić information content (AvgIpc) is 2.24. The molecule has 0 aliphatic carbocycles. The Bertz CT molecular complexity index is 246. The Morgan fingerprint density at radius 1 is 1.40 bits per heavy atom. The van der Waals surface area contributed by atoms with E-state index in [0.717, 1.165) is 25.0 Å². The third-order valence-corrected chi connectivity index (χ3v) is 2.16. The van der Waals surface area contributed by atoms with Gasteiger partial charge in [-0.25, -0.2) is 0 Å². The number of hydrogen-bond donors (Lipinski definition) is 0. The topological polar surface area (TPSA) is 12.4 Å². The van der Waals surface area contributed by atoms with Crippen LogP contribution < -0.4 is 0 Å². The number of rotatable bonds is 8. The quantitative estimate of drug-likeness (QED) is 0.318. The van der Waals surface area contributed by atoms with E-state index in [1.54, 1.807) is 0 Å². The van der Waals surface area contributed by atoms with Gasteiger partial charge in [-0.3, -0.25) is 4.99 Å². The van der Waals surface area contributed by atoms with Gasteiger partial charge in [-0.05, 0) is 31.8 Å². The molecule has 0 unspecified atom stereocenters. The molecule has 0 spiro atoms. The lowest BCUT2D eigenvalue weighted by atomic mass is 10.1. The highest BCUT2D eigenvalue weighted by Crippen LogP contribution is 2.05. The van der Waals surface area contributed by atoms with Crippen molar-refractivity contribution in [2.75, 3.05) is 6.54 Å². The lowest BCUT2D eigenvalue weighted by Crippen LogP contribution is -1.84. The number of hydrogen-bond acceptors (Lipinski definition) is 1. The van der Waals surface area contributed by atoms with Gasteiger partial charge in [-0.15, -0.1) is 0 Å². The Labute approximate surface area is 94.3 Å². The van der Waals surface area contributed by atoms with E-state index in [1.165, 1.54) is 18.4 Å². The second-order valence-electron chi connectivity index (χ2n) is 3.74. The minimum Gasteiger partial charge on any atom is -0.293 e. The summed E-state index contributed by atoms with van der Waals surface area (Å²) in [7, 11) is 0. The summed E-state index contributed by atoms with van der Waals surface area (Å²) in [6.45, 7) is 12.8. The Morgan fingerprint density at radius 2 is 2.13 bits per heavy atom. The molecule has 0 aromatic heterocycles. The molecule has 0 aliphatic rings. The van der Waals surface area contributed by atoms with Gasteiger partial charge < -0.3 is 0 Å². The summed E-state index contributed by atoms with van der Waals surface area (Å²) < 4.78 is 0. The first-order valence-corrected chi connectivity index (χ1v) is 5.67. The molecule has 0 saturated carbocycles. The second kappa shape index (κ2) is 9.45. The monoisotopic (exact) mass is 205 g/mol. The lowest BCUT2D eigenvalue weighted by Gasteiger charge is -1.96. The molecule has 1 heteroatoms. The van der Waals surface area contributed by atoms with Gasteiger partial charge >= 0.3 is 0 Å². The van der Waals surface area contributed by atoms with E-state index >= 15 is 0 Å². The average molecular weight is 205 g/mol. The smallest absolute Gasteiger partial charge is 0.0389 e. The van der Waals surface area contributed by atoms with Crippen molar-refractivity contribution < 1.29 is 0 Å². The highest BCUT2D eigenvalue weighted by molar-refractivity contribution is 5.77. The highest BCUT2D eigenvalue weighted by atomic mass is 14.7. The van der Waals surface area contributed by atoms with E-state index in [2.05, 4.69) is 38.1 Å². The summed E-state index contributed by atoms with van der Waals surface area (Å²) in [5.41, 5.74) is 2.34. The predicted octanol–water partition coefficient (Wildman–Crippen LogP) is 4.33. The van der Waals surface area contributed by atoms with Gasteiger partial charge in [-0.2, -0.15) is 0 Å². The number of allylic oxidation sites excluding steroid dienone is 4. The van der Waals surface area contributed by atoms with Crippen molar-refractivity contribution in [3.05, 3.63) is 36.5 Å². The summed E-state index contributed by atoms with van der Waals surface area (Å²) >= 11 is 0. The zero-order valence-electron chi connectivity index (χ0n) is 10.1. The number of nitrogens with zero attached hydrogens (tertiary/aromatic N) is 1. The Kier molecular flexibility index (Phi) is 8.75. The van der Waals surface area contributed by atoms with E-state index < -0.39 is 0 Å². The summed E-state index contributed by atoms with van der Waals surface area (Å²) in [5.74, 6) is 0. The predicted molar refractivity (Wildman–Crippen MR) is 70.6 cm³/mol. The van der Waals surface area contributed by atoms with Gasteiger partial charge in [0.1, 0.15) is 0 Å². The molecular weight excluding hydrogens is 182 g/mol. The van der Waals surface area contributed by atoms with Gasteiger partial charge in [-0.1, -0.05) is 44.2 Å². The molecule has 0 radical (unpaired) electrons. The fourth-order valence-electron chi connectivity index (χ4n) is 1.10. The summed E-state index contributed by atoms with van der Waals surface area (Å²) in [4.78, 5) is 4.34. The fraction of sp³-hybridized carbons (Fsp3) is 0.500. The van der Waals surface area contributed by atoms with Crippen LogP contribution in [0.5, 0.6) is 0 Å². The zero-order valence-corrected chi connectivity index (χ0v) is 10.1. The molecule has 0 fully saturated rings. The van der Waals surface area contributed by atoms with Crippen LogP contribution in [0.3, 0.4) is 0 Å². The fourth-order valence-corrected chi connectivity index (χ4v) is 1.10. The van der Waals surface area contributed by atoms with Crippen LogP contribution in [0.1, 0.15) is 39.5 Å². The van der Waals surface area contributed by atoms with Crippen molar-refractivity contribution in [1.29, 1.82) is 0 Å². The normalized spacial score (nSPS) is 12.0. The van der Waals surface area contributed by atoms with E-state index in [1.807, 2.05) is 12.3 Å². The van der Waals surface area contributed by atoms with Gasteiger partial charge in [0.15, 0.2) is 0 Å². The van der Waals surface area contributed by atoms with Crippen LogP contribution >= 0.6 is 0 Å². The van der Waals surface area contributed by atoms with Crippen LogP contribution in [-0.2, 0) is 0 Å². The molecule has 84 valence electrons. The molecule has 0 aliphatic heterocycles. The Morgan fingerprint density at radius 3 is 2.73 bits per heavy atom. The molecule has 0 saturated heterocycles. The third-order valence-electron chi connectivity index (χ3n) is 2.16. The van der Waals surface area contributed by atoms with Crippen molar-refractivity contribution in [2.24, 2.45) is 4.99 Å². The molecule has 0 amide bonds. The number of unbranched alkanes of at least 4 members (excludes halogenated alkanes) is 1. The molecule has 0 aromatic carbocycles. The van der Waals surface area contributed by atoms with Crippen molar-refractivity contribution in [3.8, 4) is 0 Å². The van der Waals surface area contributed by atoms with Crippen molar-refractivity contribution in [3.63, 3.8) is 0 Å². The minimum atomic E-state index is 0.945. The Balaban J connectivity index is 3.73. The van der Waals surface area contributed by atoms with Crippen molar-refractivity contribution in [2.45, 2.75) is 39.5 Å². The van der Waals surface area contributed by atoms with Crippen LogP contribution in [0.4, 0.5) is 0 Å². The Hall–Kier alpha value is -1.11. The lowest BCUT2D eigenvalue weighted by molar-refractivity contribution is 0.810. The zero-order chi connectivity index (χ0) is 11.5. The van der Waals surface area contributed by atoms with Crippen molar-refractivity contribution in [1.82, 2.24) is 0 Å². The first-order valence-electron chi connectivity index (χ1n) is 5.67. The minimum absolute atomic E-state index is 0.945. The molecule has 0 N–H and O–H groups in total. The van der Waals surface area contributed by atoms with E-state index in [-0.39, 0.29) is 0 Å². The van der Waals surface area contributed by atoms with Gasteiger partial charge in [0.25, 0.3) is 0 Å². The maximum absolute atomic E-state index is 4.34. The SMILES string of the molecule is C=CC(=C)CC/C=C(C)/C=N/CCCC. The largest absolute Gasteiger partial charge is 0.293 e. The van der Waals surface area contributed by atoms with Gasteiger partial charge in [0, 0.05) is 12.8 Å². The molecule has 1 nitrogen and oxygen atoms in total.